The molecule has 3 N–H and O–H groups in total. The van der Waals surface area contributed by atoms with Gasteiger partial charge in [0.25, 0.3) is 11.6 Å². The van der Waals surface area contributed by atoms with Gasteiger partial charge in [0.1, 0.15) is 5.75 Å². The van der Waals surface area contributed by atoms with Gasteiger partial charge in [-0.2, -0.15) is 0 Å². The Balaban J connectivity index is 0.00000338. The summed E-state index contributed by atoms with van der Waals surface area (Å²) in [7, 11) is 0. The van der Waals surface area contributed by atoms with Crippen LogP contribution >= 0.6 is 12.4 Å². The lowest BCUT2D eigenvalue weighted by Crippen LogP contribution is -2.47. The van der Waals surface area contributed by atoms with E-state index in [0.717, 1.165) is 12.8 Å². The van der Waals surface area contributed by atoms with Crippen LogP contribution in [0.3, 0.4) is 0 Å². The number of nitrogens with one attached hydrogen (secondary N) is 1. The third-order valence-electron chi connectivity index (χ3n) is 3.98. The molecule has 0 radical (unpaired) electrons. The number of hydrogen-bond acceptors (Lipinski definition) is 6. The Morgan fingerprint density at radius 3 is 2.88 bits per heavy atom. The zero-order valence-electron chi connectivity index (χ0n) is 14.3. The summed E-state index contributed by atoms with van der Waals surface area (Å²) < 4.78 is 5.36. The molecule has 1 aliphatic rings. The number of halogens is 1. The number of carbonyl (C=O) groups is 2. The zero-order chi connectivity index (χ0) is 18.2. The molecule has 1 atom stereocenters. The van der Waals surface area contributed by atoms with Gasteiger partial charge in [0, 0.05) is 32.2 Å². The quantitative estimate of drug-likeness (QED) is 0.524. The highest BCUT2D eigenvalue weighted by Gasteiger charge is 2.28. The van der Waals surface area contributed by atoms with Crippen LogP contribution in [-0.2, 0) is 9.59 Å². The molecule has 1 saturated heterocycles. The number of amides is 2. The summed E-state index contributed by atoms with van der Waals surface area (Å²) in [6.07, 6.45) is 1.47. The van der Waals surface area contributed by atoms with Gasteiger partial charge in [0.15, 0.2) is 6.61 Å². The molecule has 1 unspecified atom stereocenters. The molecule has 2 amide bonds. The normalized spacial score (nSPS) is 16.3. The van der Waals surface area contributed by atoms with Crippen molar-refractivity contribution in [3.63, 3.8) is 0 Å². The monoisotopic (exact) mass is 386 g/mol. The molecule has 2 rings (SSSR count). The first-order valence-electron chi connectivity index (χ1n) is 8.14. The lowest BCUT2D eigenvalue weighted by Gasteiger charge is -2.32. The standard InChI is InChI=1S/C16H22N4O5.ClH/c17-6-7-18-16(22)12-3-2-8-19(10-12)15(21)11-25-14-5-1-4-13(9-14)20(23)24;/h1,4-5,9,12H,2-3,6-8,10-11,17H2,(H,18,22);1H. The fraction of sp³-hybridized carbons (Fsp3) is 0.500. The molecule has 0 saturated carbocycles. The number of rotatable bonds is 7. The van der Waals surface area contributed by atoms with Crippen molar-refractivity contribution in [1.29, 1.82) is 0 Å². The largest absolute Gasteiger partial charge is 0.484 e. The number of nitrogens with zero attached hydrogens (tertiary/aromatic N) is 2. The Bertz CT molecular complexity index is 643. The summed E-state index contributed by atoms with van der Waals surface area (Å²) in [5.74, 6) is -0.329. The van der Waals surface area contributed by atoms with E-state index in [1.165, 1.54) is 18.2 Å². The number of nitro groups is 1. The maximum absolute atomic E-state index is 12.3. The van der Waals surface area contributed by atoms with Crippen molar-refractivity contribution in [3.05, 3.63) is 34.4 Å². The molecule has 1 fully saturated rings. The van der Waals surface area contributed by atoms with E-state index >= 15 is 0 Å². The van der Waals surface area contributed by atoms with Crippen LogP contribution in [0.2, 0.25) is 0 Å². The number of piperidine rings is 1. The van der Waals surface area contributed by atoms with Crippen molar-refractivity contribution in [2.45, 2.75) is 12.8 Å². The molecule has 144 valence electrons. The van der Waals surface area contributed by atoms with Crippen LogP contribution in [0, 0.1) is 16.0 Å². The van der Waals surface area contributed by atoms with Crippen molar-refractivity contribution >= 4 is 29.9 Å². The Morgan fingerprint density at radius 2 is 2.19 bits per heavy atom. The average Bonchev–Trinajstić information content (AvgIpc) is 2.64. The van der Waals surface area contributed by atoms with E-state index in [1.54, 1.807) is 11.0 Å². The van der Waals surface area contributed by atoms with E-state index in [9.17, 15) is 19.7 Å². The number of nitrogens with two attached hydrogens (primary N) is 1. The van der Waals surface area contributed by atoms with Gasteiger partial charge in [-0.05, 0) is 18.9 Å². The van der Waals surface area contributed by atoms with Crippen molar-refractivity contribution in [2.75, 3.05) is 32.8 Å². The molecule has 9 nitrogen and oxygen atoms in total. The van der Waals surface area contributed by atoms with Crippen LogP contribution in [0.5, 0.6) is 5.75 Å². The average molecular weight is 387 g/mol. The Labute approximate surface area is 157 Å². The van der Waals surface area contributed by atoms with Gasteiger partial charge in [-0.25, -0.2) is 0 Å². The summed E-state index contributed by atoms with van der Waals surface area (Å²) in [5.41, 5.74) is 5.27. The molecular weight excluding hydrogens is 364 g/mol. The third-order valence-corrected chi connectivity index (χ3v) is 3.98. The lowest BCUT2D eigenvalue weighted by molar-refractivity contribution is -0.384. The van der Waals surface area contributed by atoms with E-state index in [4.69, 9.17) is 10.5 Å². The fourth-order valence-corrected chi connectivity index (χ4v) is 2.68. The second-order valence-corrected chi connectivity index (χ2v) is 5.80. The second-order valence-electron chi connectivity index (χ2n) is 5.80. The van der Waals surface area contributed by atoms with Gasteiger partial charge in [-0.15, -0.1) is 12.4 Å². The Morgan fingerprint density at radius 1 is 1.42 bits per heavy atom. The fourth-order valence-electron chi connectivity index (χ4n) is 2.68. The smallest absolute Gasteiger partial charge is 0.273 e. The van der Waals surface area contributed by atoms with Crippen LogP contribution in [0.15, 0.2) is 24.3 Å². The SMILES string of the molecule is Cl.NCCNC(=O)C1CCCN(C(=O)COc2cccc([N+](=O)[O-])c2)C1. The van der Waals surface area contributed by atoms with Gasteiger partial charge < -0.3 is 20.7 Å². The highest BCUT2D eigenvalue weighted by molar-refractivity contribution is 5.85. The first kappa shape index (κ1) is 21.7. The Kier molecular flexibility index (Phi) is 8.80. The Hall–Kier alpha value is -2.39. The molecule has 0 aliphatic carbocycles. The maximum atomic E-state index is 12.3. The van der Waals surface area contributed by atoms with E-state index in [1.807, 2.05) is 0 Å². The molecule has 1 aromatic carbocycles. The zero-order valence-corrected chi connectivity index (χ0v) is 15.1. The predicted molar refractivity (Wildman–Crippen MR) is 97.2 cm³/mol. The van der Waals surface area contributed by atoms with Crippen molar-refractivity contribution in [2.24, 2.45) is 11.7 Å². The molecule has 0 aromatic heterocycles. The first-order valence-corrected chi connectivity index (χ1v) is 8.14. The second kappa shape index (κ2) is 10.6. The van der Waals surface area contributed by atoms with Crippen LogP contribution < -0.4 is 15.8 Å². The summed E-state index contributed by atoms with van der Waals surface area (Å²) in [6.45, 7) is 1.47. The summed E-state index contributed by atoms with van der Waals surface area (Å²) in [6, 6.07) is 5.67. The molecule has 1 aliphatic heterocycles. The highest BCUT2D eigenvalue weighted by atomic mass is 35.5. The molecule has 0 spiro atoms. The summed E-state index contributed by atoms with van der Waals surface area (Å²) in [4.78, 5) is 36.1. The number of likely N-dealkylation sites (tertiary alicyclic amines) is 1. The molecule has 1 aromatic rings. The minimum Gasteiger partial charge on any atom is -0.484 e. The van der Waals surface area contributed by atoms with Gasteiger partial charge in [-0.1, -0.05) is 6.07 Å². The predicted octanol–water partition coefficient (Wildman–Crippen LogP) is 0.709. The first-order chi connectivity index (χ1) is 12.0. The van der Waals surface area contributed by atoms with Crippen LogP contribution in [0.25, 0.3) is 0 Å². The van der Waals surface area contributed by atoms with Gasteiger partial charge in [0.05, 0.1) is 16.9 Å². The number of ether oxygens (including phenoxy) is 1. The van der Waals surface area contributed by atoms with E-state index in [2.05, 4.69) is 5.32 Å². The summed E-state index contributed by atoms with van der Waals surface area (Å²) >= 11 is 0. The summed E-state index contributed by atoms with van der Waals surface area (Å²) in [5, 5.41) is 13.5. The lowest BCUT2D eigenvalue weighted by atomic mass is 9.97. The molecule has 0 bridgehead atoms. The van der Waals surface area contributed by atoms with Gasteiger partial charge in [0.2, 0.25) is 5.91 Å². The highest BCUT2D eigenvalue weighted by Crippen LogP contribution is 2.20. The third kappa shape index (κ3) is 6.16. The van der Waals surface area contributed by atoms with Crippen molar-refractivity contribution in [1.82, 2.24) is 10.2 Å². The van der Waals surface area contributed by atoms with Gasteiger partial charge >= 0.3 is 0 Å². The minimum absolute atomic E-state index is 0. The molecule has 26 heavy (non-hydrogen) atoms. The van der Waals surface area contributed by atoms with Gasteiger partial charge in [-0.3, -0.25) is 19.7 Å². The molecule has 10 heteroatoms. The number of non-ortho nitro benzene ring substituents is 1. The van der Waals surface area contributed by atoms with E-state index in [-0.39, 0.29) is 48.2 Å². The topological polar surface area (TPSA) is 128 Å². The number of benzene rings is 1. The van der Waals surface area contributed by atoms with Crippen LogP contribution in [-0.4, -0.2) is 54.4 Å². The number of carbonyl (C=O) groups excluding carboxylic acids is 2. The van der Waals surface area contributed by atoms with Crippen LogP contribution in [0.4, 0.5) is 5.69 Å². The number of nitro benzene ring substituents is 1. The van der Waals surface area contributed by atoms with Crippen molar-refractivity contribution in [3.8, 4) is 5.75 Å². The van der Waals surface area contributed by atoms with E-state index < -0.39 is 4.92 Å². The van der Waals surface area contributed by atoms with Crippen molar-refractivity contribution < 1.29 is 19.2 Å². The molecule has 1 heterocycles. The maximum Gasteiger partial charge on any atom is 0.273 e. The molecular formula is C16H23ClN4O5. The van der Waals surface area contributed by atoms with Crippen LogP contribution in [0.1, 0.15) is 12.8 Å². The minimum atomic E-state index is -0.524. The van der Waals surface area contributed by atoms with E-state index in [0.29, 0.717) is 26.2 Å². The number of hydrogen-bond donors (Lipinski definition) is 2.